The maximum absolute atomic E-state index is 12.3. The van der Waals surface area contributed by atoms with Gasteiger partial charge in [0.1, 0.15) is 11.3 Å². The monoisotopic (exact) mass is 336 g/mol. The standard InChI is InChI=1S/C12H9BrN4OS/c1-7-10(11(18)16-12-14-4-5-19-12)17-6-8(13)2-3-9(17)15-7/h2-6H,1H3,(H,14,16,18). The molecule has 0 radical (unpaired) electrons. The highest BCUT2D eigenvalue weighted by Gasteiger charge is 2.17. The van der Waals surface area contributed by atoms with Gasteiger partial charge >= 0.3 is 0 Å². The minimum atomic E-state index is -0.210. The quantitative estimate of drug-likeness (QED) is 0.782. The van der Waals surface area contributed by atoms with Crippen LogP contribution in [0.15, 0.2) is 34.4 Å². The van der Waals surface area contributed by atoms with E-state index in [0.29, 0.717) is 16.5 Å². The van der Waals surface area contributed by atoms with Crippen LogP contribution in [0.2, 0.25) is 0 Å². The zero-order chi connectivity index (χ0) is 13.4. The van der Waals surface area contributed by atoms with Gasteiger partial charge in [0.2, 0.25) is 0 Å². The molecule has 1 amide bonds. The summed E-state index contributed by atoms with van der Waals surface area (Å²) >= 11 is 4.78. The molecule has 3 rings (SSSR count). The Bertz CT molecular complexity index is 751. The number of rotatable bonds is 2. The molecule has 0 aliphatic rings. The third kappa shape index (κ3) is 2.26. The summed E-state index contributed by atoms with van der Waals surface area (Å²) in [5.41, 5.74) is 1.95. The van der Waals surface area contributed by atoms with E-state index in [1.54, 1.807) is 10.6 Å². The lowest BCUT2D eigenvalue weighted by molar-refractivity contribution is 0.102. The molecule has 0 aromatic carbocycles. The summed E-state index contributed by atoms with van der Waals surface area (Å²) in [4.78, 5) is 20.7. The molecule has 0 spiro atoms. The molecule has 3 heterocycles. The number of pyridine rings is 1. The Balaban J connectivity index is 2.06. The first kappa shape index (κ1) is 12.3. The van der Waals surface area contributed by atoms with Crippen LogP contribution in [0.25, 0.3) is 5.65 Å². The van der Waals surface area contributed by atoms with Gasteiger partial charge in [-0.15, -0.1) is 11.3 Å². The number of fused-ring (bicyclic) bond motifs is 1. The number of carbonyl (C=O) groups excluding carboxylic acids is 1. The number of imidazole rings is 1. The van der Waals surface area contributed by atoms with Gasteiger partial charge in [0.05, 0.1) is 5.69 Å². The van der Waals surface area contributed by atoms with E-state index >= 15 is 0 Å². The summed E-state index contributed by atoms with van der Waals surface area (Å²) in [6.07, 6.45) is 3.48. The molecule has 3 aromatic rings. The highest BCUT2D eigenvalue weighted by Crippen LogP contribution is 2.18. The summed E-state index contributed by atoms with van der Waals surface area (Å²) in [6.45, 7) is 1.82. The molecule has 0 fully saturated rings. The summed E-state index contributed by atoms with van der Waals surface area (Å²) in [6, 6.07) is 3.75. The molecule has 0 atom stereocenters. The van der Waals surface area contributed by atoms with E-state index in [9.17, 15) is 4.79 Å². The molecule has 3 aromatic heterocycles. The van der Waals surface area contributed by atoms with Gasteiger partial charge < -0.3 is 0 Å². The van der Waals surface area contributed by atoms with Crippen molar-refractivity contribution in [1.29, 1.82) is 0 Å². The first-order valence-electron chi connectivity index (χ1n) is 5.50. The number of nitrogens with zero attached hydrogens (tertiary/aromatic N) is 3. The van der Waals surface area contributed by atoms with Gasteiger partial charge in [-0.3, -0.25) is 14.5 Å². The van der Waals surface area contributed by atoms with E-state index in [-0.39, 0.29) is 5.91 Å². The summed E-state index contributed by atoms with van der Waals surface area (Å²) in [5.74, 6) is -0.210. The van der Waals surface area contributed by atoms with E-state index in [1.807, 2.05) is 30.6 Å². The number of aryl methyl sites for hydroxylation is 1. The number of aromatic nitrogens is 3. The zero-order valence-electron chi connectivity index (χ0n) is 9.92. The van der Waals surface area contributed by atoms with Crippen molar-refractivity contribution in [1.82, 2.24) is 14.4 Å². The maximum atomic E-state index is 12.3. The average Bonchev–Trinajstić information content (AvgIpc) is 2.95. The van der Waals surface area contributed by atoms with E-state index < -0.39 is 0 Å². The number of thiazole rings is 1. The highest BCUT2D eigenvalue weighted by atomic mass is 79.9. The molecule has 19 heavy (non-hydrogen) atoms. The van der Waals surface area contributed by atoms with E-state index in [1.165, 1.54) is 11.3 Å². The normalized spacial score (nSPS) is 10.8. The molecular formula is C12H9BrN4OS. The molecule has 96 valence electrons. The van der Waals surface area contributed by atoms with Crippen LogP contribution < -0.4 is 5.32 Å². The number of amides is 1. The van der Waals surface area contributed by atoms with E-state index in [2.05, 4.69) is 31.2 Å². The lowest BCUT2D eigenvalue weighted by Gasteiger charge is -2.03. The van der Waals surface area contributed by atoms with Crippen LogP contribution in [-0.2, 0) is 0 Å². The molecule has 0 saturated heterocycles. The third-order valence-corrected chi connectivity index (χ3v) is 3.78. The Hall–Kier alpha value is -1.73. The highest BCUT2D eigenvalue weighted by molar-refractivity contribution is 9.10. The molecule has 5 nitrogen and oxygen atoms in total. The molecule has 0 aliphatic heterocycles. The van der Waals surface area contributed by atoms with Crippen molar-refractivity contribution in [2.45, 2.75) is 6.92 Å². The number of carbonyl (C=O) groups is 1. The van der Waals surface area contributed by atoms with Crippen molar-refractivity contribution in [2.75, 3.05) is 5.32 Å². The number of anilines is 1. The second-order valence-electron chi connectivity index (χ2n) is 3.91. The lowest BCUT2D eigenvalue weighted by atomic mass is 10.3. The van der Waals surface area contributed by atoms with Crippen LogP contribution in [-0.4, -0.2) is 20.3 Å². The maximum Gasteiger partial charge on any atom is 0.276 e. The van der Waals surface area contributed by atoms with Crippen molar-refractivity contribution < 1.29 is 4.79 Å². The van der Waals surface area contributed by atoms with Gasteiger partial charge in [-0.2, -0.15) is 0 Å². The Morgan fingerprint density at radius 3 is 3.05 bits per heavy atom. The largest absolute Gasteiger partial charge is 0.296 e. The Kier molecular flexibility index (Phi) is 3.08. The molecule has 1 N–H and O–H groups in total. The van der Waals surface area contributed by atoms with Gasteiger partial charge in [-0.05, 0) is 35.0 Å². The van der Waals surface area contributed by atoms with Crippen LogP contribution in [0.5, 0.6) is 0 Å². The van der Waals surface area contributed by atoms with Crippen molar-refractivity contribution in [3.63, 3.8) is 0 Å². The van der Waals surface area contributed by atoms with Crippen LogP contribution in [0, 0.1) is 6.92 Å². The van der Waals surface area contributed by atoms with Gasteiger partial charge in [-0.25, -0.2) is 9.97 Å². The van der Waals surface area contributed by atoms with Crippen LogP contribution in [0.3, 0.4) is 0 Å². The van der Waals surface area contributed by atoms with Crippen molar-refractivity contribution in [3.05, 3.63) is 45.8 Å². The molecule has 0 bridgehead atoms. The fourth-order valence-electron chi connectivity index (χ4n) is 1.85. The smallest absolute Gasteiger partial charge is 0.276 e. The van der Waals surface area contributed by atoms with Gasteiger partial charge in [0.15, 0.2) is 5.13 Å². The van der Waals surface area contributed by atoms with Gasteiger partial charge in [-0.1, -0.05) is 0 Å². The predicted octanol–water partition coefficient (Wildman–Crippen LogP) is 3.11. The lowest BCUT2D eigenvalue weighted by Crippen LogP contribution is -2.15. The number of hydrogen-bond acceptors (Lipinski definition) is 4. The third-order valence-electron chi connectivity index (χ3n) is 2.62. The second-order valence-corrected chi connectivity index (χ2v) is 5.72. The number of halogens is 1. The fourth-order valence-corrected chi connectivity index (χ4v) is 2.71. The molecule has 7 heteroatoms. The van der Waals surface area contributed by atoms with Gasteiger partial charge in [0.25, 0.3) is 5.91 Å². The van der Waals surface area contributed by atoms with Gasteiger partial charge in [0, 0.05) is 22.2 Å². The summed E-state index contributed by atoms with van der Waals surface area (Å²) in [7, 11) is 0. The van der Waals surface area contributed by atoms with Crippen molar-refractivity contribution >= 4 is 44.0 Å². The van der Waals surface area contributed by atoms with Crippen LogP contribution in [0.1, 0.15) is 16.2 Å². The predicted molar refractivity (Wildman–Crippen MR) is 77.7 cm³/mol. The average molecular weight is 337 g/mol. The van der Waals surface area contributed by atoms with E-state index in [4.69, 9.17) is 0 Å². The first-order chi connectivity index (χ1) is 9.15. The van der Waals surface area contributed by atoms with Crippen LogP contribution in [0.4, 0.5) is 5.13 Å². The topological polar surface area (TPSA) is 59.3 Å². The Morgan fingerprint density at radius 2 is 2.32 bits per heavy atom. The van der Waals surface area contributed by atoms with Crippen LogP contribution >= 0.6 is 27.3 Å². The molecule has 0 unspecified atom stereocenters. The number of nitrogens with one attached hydrogen (secondary N) is 1. The Labute approximate surface area is 121 Å². The zero-order valence-corrected chi connectivity index (χ0v) is 12.3. The van der Waals surface area contributed by atoms with E-state index in [0.717, 1.165) is 10.1 Å². The Morgan fingerprint density at radius 1 is 1.47 bits per heavy atom. The first-order valence-corrected chi connectivity index (χ1v) is 7.17. The molecule has 0 aliphatic carbocycles. The number of hydrogen-bond donors (Lipinski definition) is 1. The minimum Gasteiger partial charge on any atom is -0.296 e. The summed E-state index contributed by atoms with van der Waals surface area (Å²) in [5, 5.41) is 5.16. The SMILES string of the molecule is Cc1nc2ccc(Br)cn2c1C(=O)Nc1nccs1. The second kappa shape index (κ2) is 4.75. The summed E-state index contributed by atoms with van der Waals surface area (Å²) < 4.78 is 2.66. The molecular weight excluding hydrogens is 328 g/mol. The van der Waals surface area contributed by atoms with Crippen molar-refractivity contribution in [2.24, 2.45) is 0 Å². The fraction of sp³-hybridized carbons (Fsp3) is 0.0833. The molecule has 0 saturated carbocycles. The minimum absolute atomic E-state index is 0.210. The van der Waals surface area contributed by atoms with Crippen molar-refractivity contribution in [3.8, 4) is 0 Å².